The standard InChI is InChI=1S/C14H17FO3/c15-11-3-1-10(2-4-11)12-9-14(6-5-13(12)16)17-7-8-18-14/h1-4,12-13,16H,5-9H2/t12-,13-/m0/s1. The molecule has 98 valence electrons. The third-order valence-electron chi connectivity index (χ3n) is 3.93. The molecule has 1 saturated carbocycles. The van der Waals surface area contributed by atoms with Crippen molar-refractivity contribution in [2.75, 3.05) is 13.2 Å². The zero-order chi connectivity index (χ0) is 12.6. The first-order chi connectivity index (χ1) is 8.69. The summed E-state index contributed by atoms with van der Waals surface area (Å²) in [5.41, 5.74) is 0.946. The van der Waals surface area contributed by atoms with Gasteiger partial charge in [0.05, 0.1) is 19.3 Å². The zero-order valence-corrected chi connectivity index (χ0v) is 10.1. The highest BCUT2D eigenvalue weighted by Gasteiger charge is 2.45. The van der Waals surface area contributed by atoms with E-state index in [4.69, 9.17) is 9.47 Å². The molecule has 4 heteroatoms. The molecule has 1 heterocycles. The van der Waals surface area contributed by atoms with Crippen molar-refractivity contribution in [2.45, 2.75) is 37.1 Å². The molecule has 0 radical (unpaired) electrons. The van der Waals surface area contributed by atoms with Gasteiger partial charge in [0.2, 0.25) is 0 Å². The van der Waals surface area contributed by atoms with Crippen LogP contribution in [0, 0.1) is 5.82 Å². The summed E-state index contributed by atoms with van der Waals surface area (Å²) in [5, 5.41) is 10.1. The lowest BCUT2D eigenvalue weighted by Gasteiger charge is -2.39. The second-order valence-electron chi connectivity index (χ2n) is 5.08. The number of hydrogen-bond donors (Lipinski definition) is 1. The van der Waals surface area contributed by atoms with Gasteiger partial charge in [-0.3, -0.25) is 0 Å². The van der Waals surface area contributed by atoms with E-state index < -0.39 is 11.9 Å². The van der Waals surface area contributed by atoms with Gasteiger partial charge in [0.1, 0.15) is 5.82 Å². The van der Waals surface area contributed by atoms with E-state index in [1.807, 2.05) is 0 Å². The maximum Gasteiger partial charge on any atom is 0.169 e. The molecule has 1 aliphatic carbocycles. The van der Waals surface area contributed by atoms with Crippen molar-refractivity contribution in [2.24, 2.45) is 0 Å². The molecule has 2 aliphatic rings. The fraction of sp³-hybridized carbons (Fsp3) is 0.571. The van der Waals surface area contributed by atoms with Crippen molar-refractivity contribution in [3.63, 3.8) is 0 Å². The van der Waals surface area contributed by atoms with Crippen LogP contribution in [-0.4, -0.2) is 30.2 Å². The molecule has 1 aliphatic heterocycles. The van der Waals surface area contributed by atoms with Crippen LogP contribution in [0.2, 0.25) is 0 Å². The summed E-state index contributed by atoms with van der Waals surface area (Å²) in [6, 6.07) is 6.33. The van der Waals surface area contributed by atoms with Crippen molar-refractivity contribution >= 4 is 0 Å². The first kappa shape index (κ1) is 12.1. The van der Waals surface area contributed by atoms with E-state index in [1.165, 1.54) is 12.1 Å². The minimum absolute atomic E-state index is 0.0440. The molecular weight excluding hydrogens is 235 g/mol. The first-order valence-corrected chi connectivity index (χ1v) is 6.40. The Labute approximate surface area is 106 Å². The topological polar surface area (TPSA) is 38.7 Å². The summed E-state index contributed by atoms with van der Waals surface area (Å²) in [6.07, 6.45) is 1.61. The molecule has 0 unspecified atom stereocenters. The molecule has 3 nitrogen and oxygen atoms in total. The molecular formula is C14H17FO3. The minimum atomic E-state index is -0.529. The Morgan fingerprint density at radius 3 is 2.50 bits per heavy atom. The third-order valence-corrected chi connectivity index (χ3v) is 3.93. The second-order valence-corrected chi connectivity index (χ2v) is 5.08. The van der Waals surface area contributed by atoms with Crippen molar-refractivity contribution in [3.8, 4) is 0 Å². The lowest BCUT2D eigenvalue weighted by molar-refractivity contribution is -0.193. The average Bonchev–Trinajstić information content (AvgIpc) is 2.82. The quantitative estimate of drug-likeness (QED) is 0.832. The molecule has 3 rings (SSSR count). The van der Waals surface area contributed by atoms with E-state index in [0.29, 0.717) is 26.1 Å². The van der Waals surface area contributed by atoms with Gasteiger partial charge in [-0.1, -0.05) is 12.1 Å². The smallest absolute Gasteiger partial charge is 0.169 e. The van der Waals surface area contributed by atoms with Gasteiger partial charge in [-0.15, -0.1) is 0 Å². The van der Waals surface area contributed by atoms with Gasteiger partial charge in [0, 0.05) is 18.8 Å². The van der Waals surface area contributed by atoms with Crippen LogP contribution in [0.5, 0.6) is 0 Å². The van der Waals surface area contributed by atoms with Gasteiger partial charge in [0.25, 0.3) is 0 Å². The summed E-state index contributed by atoms with van der Waals surface area (Å²) in [7, 11) is 0. The van der Waals surface area contributed by atoms with E-state index in [1.54, 1.807) is 12.1 Å². The predicted octanol–water partition coefficient (Wildman–Crippen LogP) is 2.20. The number of halogens is 1. The van der Waals surface area contributed by atoms with Crippen LogP contribution in [0.3, 0.4) is 0 Å². The number of ether oxygens (including phenoxy) is 2. The molecule has 1 spiro atoms. The summed E-state index contributed by atoms with van der Waals surface area (Å²) < 4.78 is 24.3. The maximum atomic E-state index is 12.9. The molecule has 0 amide bonds. The van der Waals surface area contributed by atoms with Crippen LogP contribution in [0.1, 0.15) is 30.7 Å². The highest BCUT2D eigenvalue weighted by Crippen LogP contribution is 2.43. The van der Waals surface area contributed by atoms with Crippen molar-refractivity contribution in [3.05, 3.63) is 35.6 Å². The molecule has 1 N–H and O–H groups in total. The summed E-state index contributed by atoms with van der Waals surface area (Å²) in [4.78, 5) is 0. The minimum Gasteiger partial charge on any atom is -0.392 e. The normalized spacial score (nSPS) is 30.8. The molecule has 1 aromatic carbocycles. The fourth-order valence-electron chi connectivity index (χ4n) is 2.95. The third kappa shape index (κ3) is 2.16. The average molecular weight is 252 g/mol. The van der Waals surface area contributed by atoms with Crippen LogP contribution in [0.25, 0.3) is 0 Å². The van der Waals surface area contributed by atoms with E-state index in [-0.39, 0.29) is 11.7 Å². The Hall–Kier alpha value is -0.970. The number of aliphatic hydroxyl groups excluding tert-OH is 1. The number of benzene rings is 1. The van der Waals surface area contributed by atoms with E-state index >= 15 is 0 Å². The van der Waals surface area contributed by atoms with Crippen LogP contribution in [0.4, 0.5) is 4.39 Å². The van der Waals surface area contributed by atoms with Gasteiger partial charge in [-0.25, -0.2) is 4.39 Å². The highest BCUT2D eigenvalue weighted by atomic mass is 19.1. The monoisotopic (exact) mass is 252 g/mol. The van der Waals surface area contributed by atoms with E-state index in [2.05, 4.69) is 0 Å². The maximum absolute atomic E-state index is 12.9. The number of rotatable bonds is 1. The van der Waals surface area contributed by atoms with E-state index in [0.717, 1.165) is 12.0 Å². The number of aliphatic hydroxyl groups is 1. The number of hydrogen-bond acceptors (Lipinski definition) is 3. The largest absolute Gasteiger partial charge is 0.392 e. The fourth-order valence-corrected chi connectivity index (χ4v) is 2.95. The Bertz CT molecular complexity index is 412. The molecule has 1 aromatic rings. The summed E-state index contributed by atoms with van der Waals surface area (Å²) in [6.45, 7) is 1.23. The SMILES string of the molecule is O[C@H]1CCC2(C[C@H]1c1ccc(F)cc1)OCCO2. The van der Waals surface area contributed by atoms with Gasteiger partial charge in [-0.2, -0.15) is 0 Å². The Morgan fingerprint density at radius 1 is 1.17 bits per heavy atom. The van der Waals surface area contributed by atoms with Crippen LogP contribution < -0.4 is 0 Å². The van der Waals surface area contributed by atoms with Crippen molar-refractivity contribution < 1.29 is 19.0 Å². The predicted molar refractivity (Wildman–Crippen MR) is 63.6 cm³/mol. The molecule has 1 saturated heterocycles. The Balaban J connectivity index is 1.82. The highest BCUT2D eigenvalue weighted by molar-refractivity contribution is 5.23. The molecule has 18 heavy (non-hydrogen) atoms. The lowest BCUT2D eigenvalue weighted by Crippen LogP contribution is -2.41. The summed E-state index contributed by atoms with van der Waals surface area (Å²) >= 11 is 0. The molecule has 2 atom stereocenters. The van der Waals surface area contributed by atoms with Gasteiger partial charge in [-0.05, 0) is 24.1 Å². The van der Waals surface area contributed by atoms with Gasteiger partial charge >= 0.3 is 0 Å². The van der Waals surface area contributed by atoms with E-state index in [9.17, 15) is 9.50 Å². The first-order valence-electron chi connectivity index (χ1n) is 6.40. The van der Waals surface area contributed by atoms with Crippen LogP contribution in [0.15, 0.2) is 24.3 Å². The Morgan fingerprint density at radius 2 is 1.83 bits per heavy atom. The molecule has 0 aromatic heterocycles. The Kier molecular flexibility index (Phi) is 3.09. The van der Waals surface area contributed by atoms with Crippen LogP contribution in [-0.2, 0) is 9.47 Å². The molecule has 0 bridgehead atoms. The zero-order valence-electron chi connectivity index (χ0n) is 10.1. The van der Waals surface area contributed by atoms with Crippen molar-refractivity contribution in [1.82, 2.24) is 0 Å². The van der Waals surface area contributed by atoms with Gasteiger partial charge in [0.15, 0.2) is 5.79 Å². The summed E-state index contributed by atoms with van der Waals surface area (Å²) in [5.74, 6) is -0.831. The molecule has 2 fully saturated rings. The second kappa shape index (κ2) is 4.61. The lowest BCUT2D eigenvalue weighted by atomic mass is 9.78. The van der Waals surface area contributed by atoms with Gasteiger partial charge < -0.3 is 14.6 Å². The van der Waals surface area contributed by atoms with Crippen molar-refractivity contribution in [1.29, 1.82) is 0 Å². The van der Waals surface area contributed by atoms with Crippen LogP contribution >= 0.6 is 0 Å².